The first-order chi connectivity index (χ1) is 22.6. The van der Waals surface area contributed by atoms with Gasteiger partial charge in [-0.25, -0.2) is 9.59 Å². The molecule has 1 fully saturated rings. The second-order valence-corrected chi connectivity index (χ2v) is 12.7. The van der Waals surface area contributed by atoms with Gasteiger partial charge in [-0.2, -0.15) is 0 Å². The van der Waals surface area contributed by atoms with E-state index in [2.05, 4.69) is 44.2 Å². The molecule has 0 saturated carbocycles. The molecule has 1 saturated heterocycles. The molecule has 1 aliphatic rings. The minimum atomic E-state index is -0.557. The molecule has 1 atom stereocenters. The Morgan fingerprint density at radius 3 is 1.78 bits per heavy atom. The Morgan fingerprint density at radius 2 is 1.15 bits per heavy atom. The lowest BCUT2D eigenvalue weighted by Crippen LogP contribution is -2.17. The van der Waals surface area contributed by atoms with Gasteiger partial charge >= 0.3 is 11.9 Å². The zero-order chi connectivity index (χ0) is 32.1. The zero-order valence-electron chi connectivity index (χ0n) is 27.8. The van der Waals surface area contributed by atoms with Gasteiger partial charge < -0.3 is 14.2 Å². The predicted molar refractivity (Wildman–Crippen MR) is 187 cm³/mol. The van der Waals surface area contributed by atoms with Gasteiger partial charge in [-0.15, -0.1) is 0 Å². The van der Waals surface area contributed by atoms with Crippen molar-refractivity contribution in [2.75, 3.05) is 13.2 Å². The summed E-state index contributed by atoms with van der Waals surface area (Å²) >= 11 is 0. The van der Waals surface area contributed by atoms with Crippen LogP contribution in [-0.2, 0) is 22.3 Å². The normalized spacial score (nSPS) is 14.1. The van der Waals surface area contributed by atoms with Crippen molar-refractivity contribution in [2.45, 2.75) is 110 Å². The molecule has 0 radical (unpaired) electrons. The summed E-state index contributed by atoms with van der Waals surface area (Å²) < 4.78 is 16.8. The molecule has 0 amide bonds. The van der Waals surface area contributed by atoms with Gasteiger partial charge in [0.05, 0.1) is 17.7 Å². The molecule has 1 aliphatic heterocycles. The molecule has 5 heteroatoms. The molecule has 244 valence electrons. The second kappa shape index (κ2) is 17.3. The molecule has 5 rings (SSSR count). The van der Waals surface area contributed by atoms with Gasteiger partial charge in [0.25, 0.3) is 0 Å². The fourth-order valence-corrected chi connectivity index (χ4v) is 6.57. The van der Waals surface area contributed by atoms with E-state index >= 15 is 0 Å². The van der Waals surface area contributed by atoms with Crippen molar-refractivity contribution in [3.63, 3.8) is 0 Å². The Kier molecular flexibility index (Phi) is 12.6. The van der Waals surface area contributed by atoms with Crippen molar-refractivity contribution in [3.8, 4) is 5.75 Å². The quantitative estimate of drug-likeness (QED) is 0.0342. The lowest BCUT2D eigenvalue weighted by molar-refractivity contribution is 0.0469. The van der Waals surface area contributed by atoms with Gasteiger partial charge in [-0.3, -0.25) is 0 Å². The molecule has 4 aromatic carbocycles. The largest absolute Gasteiger partial charge is 0.459 e. The Hall–Kier alpha value is -3.70. The topological polar surface area (TPSA) is 65.1 Å². The number of esters is 2. The molecule has 0 aliphatic carbocycles. The van der Waals surface area contributed by atoms with Crippen molar-refractivity contribution in [3.05, 3.63) is 89.0 Å². The SMILES string of the molecule is CCCCCCCCc1c2ccccc2c(CCCCCCCC)c2c(OC(=O)c3ccccc3C(=O)OCC3CO3)cccc12. The summed E-state index contributed by atoms with van der Waals surface area (Å²) in [5, 5.41) is 4.74. The van der Waals surface area contributed by atoms with Crippen molar-refractivity contribution in [2.24, 2.45) is 0 Å². The van der Waals surface area contributed by atoms with E-state index < -0.39 is 11.9 Å². The minimum Gasteiger partial charge on any atom is -0.459 e. The van der Waals surface area contributed by atoms with E-state index in [1.807, 2.05) is 12.1 Å². The first-order valence-electron chi connectivity index (χ1n) is 17.7. The minimum absolute atomic E-state index is 0.0517. The highest BCUT2D eigenvalue weighted by atomic mass is 16.6. The number of rotatable bonds is 19. The van der Waals surface area contributed by atoms with Crippen LogP contribution < -0.4 is 4.74 Å². The fourth-order valence-electron chi connectivity index (χ4n) is 6.57. The van der Waals surface area contributed by atoms with Crippen LogP contribution in [0.4, 0.5) is 0 Å². The van der Waals surface area contributed by atoms with E-state index in [0.29, 0.717) is 12.4 Å². The highest BCUT2D eigenvalue weighted by Gasteiger charge is 2.27. The predicted octanol–water partition coefficient (Wildman–Crippen LogP) is 10.6. The van der Waals surface area contributed by atoms with Crippen LogP contribution in [0.5, 0.6) is 5.75 Å². The number of unbranched alkanes of at least 4 members (excludes halogenated alkanes) is 10. The summed E-state index contributed by atoms with van der Waals surface area (Å²) in [5.74, 6) is -0.552. The van der Waals surface area contributed by atoms with Gasteiger partial charge in [0.15, 0.2) is 0 Å². The van der Waals surface area contributed by atoms with Gasteiger partial charge in [-0.05, 0) is 71.2 Å². The summed E-state index contributed by atoms with van der Waals surface area (Å²) in [6.45, 7) is 5.28. The molecular formula is C41H50O5. The van der Waals surface area contributed by atoms with Crippen molar-refractivity contribution in [1.29, 1.82) is 0 Å². The summed E-state index contributed by atoms with van der Waals surface area (Å²) in [6.07, 6.45) is 16.6. The van der Waals surface area contributed by atoms with Crippen LogP contribution >= 0.6 is 0 Å². The van der Waals surface area contributed by atoms with E-state index in [1.165, 1.54) is 86.1 Å². The third-order valence-corrected chi connectivity index (χ3v) is 9.16. The van der Waals surface area contributed by atoms with E-state index in [-0.39, 0.29) is 23.8 Å². The van der Waals surface area contributed by atoms with Crippen LogP contribution in [0.3, 0.4) is 0 Å². The molecule has 0 spiro atoms. The van der Waals surface area contributed by atoms with Gasteiger partial charge in [-0.1, -0.05) is 127 Å². The summed E-state index contributed by atoms with van der Waals surface area (Å²) in [7, 11) is 0. The first kappa shape index (κ1) is 33.7. The number of epoxide rings is 1. The number of hydrogen-bond acceptors (Lipinski definition) is 5. The lowest BCUT2D eigenvalue weighted by Gasteiger charge is -2.20. The maximum absolute atomic E-state index is 13.8. The number of aryl methyl sites for hydroxylation is 2. The van der Waals surface area contributed by atoms with Crippen molar-refractivity contribution >= 4 is 33.5 Å². The molecular weight excluding hydrogens is 572 g/mol. The first-order valence-corrected chi connectivity index (χ1v) is 17.7. The van der Waals surface area contributed by atoms with Gasteiger partial charge in [0.2, 0.25) is 0 Å². The van der Waals surface area contributed by atoms with E-state index in [4.69, 9.17) is 14.2 Å². The highest BCUT2D eigenvalue weighted by Crippen LogP contribution is 2.40. The van der Waals surface area contributed by atoms with E-state index in [0.717, 1.165) is 36.5 Å². The smallest absolute Gasteiger partial charge is 0.344 e. The second-order valence-electron chi connectivity index (χ2n) is 12.7. The number of fused-ring (bicyclic) bond motifs is 2. The van der Waals surface area contributed by atoms with Crippen LogP contribution in [0.25, 0.3) is 21.5 Å². The zero-order valence-corrected chi connectivity index (χ0v) is 27.8. The molecule has 0 N–H and O–H groups in total. The van der Waals surface area contributed by atoms with Gasteiger partial charge in [0, 0.05) is 5.39 Å². The fraction of sp³-hybridized carbons (Fsp3) is 0.463. The average Bonchev–Trinajstić information content (AvgIpc) is 3.92. The Bertz CT molecular complexity index is 1600. The number of benzene rings is 4. The number of carbonyl (C=O) groups is 2. The van der Waals surface area contributed by atoms with E-state index in [1.54, 1.807) is 24.3 Å². The third-order valence-electron chi connectivity index (χ3n) is 9.16. The van der Waals surface area contributed by atoms with Crippen LogP contribution in [-0.4, -0.2) is 31.3 Å². The lowest BCUT2D eigenvalue weighted by atomic mass is 9.87. The number of hydrogen-bond donors (Lipinski definition) is 0. The molecule has 46 heavy (non-hydrogen) atoms. The number of ether oxygens (including phenoxy) is 3. The molecule has 4 aromatic rings. The van der Waals surface area contributed by atoms with Crippen LogP contribution in [0, 0.1) is 0 Å². The average molecular weight is 623 g/mol. The van der Waals surface area contributed by atoms with Crippen LogP contribution in [0.2, 0.25) is 0 Å². The Morgan fingerprint density at radius 1 is 0.630 bits per heavy atom. The Labute approximate surface area is 274 Å². The number of carbonyl (C=O) groups excluding carboxylic acids is 2. The molecule has 5 nitrogen and oxygen atoms in total. The standard InChI is InChI=1S/C41H50O5/c1-3-5-7-9-11-13-20-32-31-21-15-16-22-33(31)34(23-14-12-10-8-6-4-2)39-35(32)26-19-27-38(39)46-41(43)37-25-18-17-24-36(37)40(42)45-29-30-28-44-30/h15-19,21-22,24-27,30H,3-14,20,23,28-29H2,1-2H3. The highest BCUT2D eigenvalue weighted by molar-refractivity contribution is 6.10. The summed E-state index contributed by atoms with van der Waals surface area (Å²) in [4.78, 5) is 26.7. The summed E-state index contributed by atoms with van der Waals surface area (Å²) in [5.41, 5.74) is 2.98. The third kappa shape index (κ3) is 8.76. The molecule has 0 aromatic heterocycles. The summed E-state index contributed by atoms with van der Waals surface area (Å²) in [6, 6.07) is 21.6. The molecule has 0 bridgehead atoms. The maximum Gasteiger partial charge on any atom is 0.344 e. The monoisotopic (exact) mass is 622 g/mol. The van der Waals surface area contributed by atoms with Crippen LogP contribution in [0.15, 0.2) is 66.7 Å². The van der Waals surface area contributed by atoms with E-state index in [9.17, 15) is 9.59 Å². The molecule has 1 unspecified atom stereocenters. The van der Waals surface area contributed by atoms with Crippen molar-refractivity contribution in [1.82, 2.24) is 0 Å². The van der Waals surface area contributed by atoms with Crippen molar-refractivity contribution < 1.29 is 23.8 Å². The maximum atomic E-state index is 13.8. The van der Waals surface area contributed by atoms with Crippen LogP contribution in [0.1, 0.15) is 123 Å². The Balaban J connectivity index is 1.49. The van der Waals surface area contributed by atoms with Gasteiger partial charge in [0.1, 0.15) is 18.5 Å². The molecule has 1 heterocycles.